The Hall–Kier alpha value is -0.603. The lowest BCUT2D eigenvalue weighted by Crippen LogP contribution is -2.31. The van der Waals surface area contributed by atoms with Crippen LogP contribution in [0.2, 0.25) is 19.1 Å². The molecule has 0 fully saturated rings. The van der Waals surface area contributed by atoms with Crippen LogP contribution in [0.25, 0.3) is 0 Å². The third-order valence-corrected chi connectivity index (χ3v) is 6.02. The predicted octanol–water partition coefficient (Wildman–Crippen LogP) is 5.78. The molecular weight excluding hydrogens is 248 g/mol. The molecule has 0 amide bonds. The molecule has 0 spiro atoms. The summed E-state index contributed by atoms with van der Waals surface area (Å²) < 4.78 is 6.25. The van der Waals surface area contributed by atoms with Gasteiger partial charge in [0.25, 0.3) is 0 Å². The van der Waals surface area contributed by atoms with Crippen LogP contribution in [0.15, 0.2) is 36.0 Å². The molecule has 0 bridgehead atoms. The number of allylic oxidation sites excluding steroid dienone is 3. The molecule has 0 aromatic rings. The molecule has 0 heterocycles. The number of hydrogen-bond acceptors (Lipinski definition) is 1. The Morgan fingerprint density at radius 1 is 1.05 bits per heavy atom. The van der Waals surface area contributed by atoms with E-state index in [4.69, 9.17) is 4.43 Å². The summed E-state index contributed by atoms with van der Waals surface area (Å²) >= 11 is 0. The molecule has 0 saturated carbocycles. The van der Waals surface area contributed by atoms with Crippen molar-refractivity contribution < 1.29 is 4.43 Å². The van der Waals surface area contributed by atoms with Crippen molar-refractivity contribution >= 4 is 8.32 Å². The maximum atomic E-state index is 6.25. The Morgan fingerprint density at radius 3 is 2.21 bits per heavy atom. The summed E-state index contributed by atoms with van der Waals surface area (Å²) in [5.74, 6) is 0. The van der Waals surface area contributed by atoms with Crippen molar-refractivity contribution in [3.8, 4) is 0 Å². The molecule has 0 saturated heterocycles. The van der Waals surface area contributed by atoms with Crippen molar-refractivity contribution in [3.63, 3.8) is 0 Å². The maximum absolute atomic E-state index is 6.25. The van der Waals surface area contributed by atoms with Crippen molar-refractivity contribution in [2.75, 3.05) is 0 Å². The van der Waals surface area contributed by atoms with Gasteiger partial charge >= 0.3 is 0 Å². The highest BCUT2D eigenvalue weighted by atomic mass is 28.4. The summed E-state index contributed by atoms with van der Waals surface area (Å²) in [5, 5.41) is 0. The lowest BCUT2D eigenvalue weighted by atomic mass is 10.1. The minimum atomic E-state index is -1.54. The largest absolute Gasteiger partial charge is 0.402 e. The molecule has 0 aromatic heterocycles. The van der Waals surface area contributed by atoms with Crippen LogP contribution in [0.5, 0.6) is 0 Å². The third kappa shape index (κ3) is 6.39. The number of unbranched alkanes of at least 4 members (excludes halogenated alkanes) is 4. The molecule has 107 valence electrons. The minimum absolute atomic E-state index is 1.08. The molecule has 2 heteroatoms. The summed E-state index contributed by atoms with van der Waals surface area (Å²) in [6.45, 7) is 12.7. The average Bonchev–Trinajstić information content (AvgIpc) is 2.62. The standard InChI is InChI=1S/C17H29OSi/c1-6-7-8-9-10-11-12-19(4,5)18-17-13-15(2)16(3)14-17/h6,13-14H,1,7-12H2,2-5H3. The van der Waals surface area contributed by atoms with Gasteiger partial charge in [0.05, 0.1) is 0 Å². The van der Waals surface area contributed by atoms with Crippen LogP contribution in [-0.2, 0) is 4.43 Å². The second kappa shape index (κ2) is 7.86. The number of rotatable bonds is 9. The van der Waals surface area contributed by atoms with E-state index >= 15 is 0 Å². The molecule has 0 aliphatic heterocycles. The zero-order valence-corrected chi connectivity index (χ0v) is 14.1. The van der Waals surface area contributed by atoms with E-state index in [1.165, 1.54) is 42.9 Å². The van der Waals surface area contributed by atoms with Crippen LogP contribution in [0.1, 0.15) is 46.0 Å². The van der Waals surface area contributed by atoms with Crippen LogP contribution >= 0.6 is 0 Å². The summed E-state index contributed by atoms with van der Waals surface area (Å²) in [4.78, 5) is 0. The normalized spacial score (nSPS) is 16.4. The lowest BCUT2D eigenvalue weighted by molar-refractivity contribution is 0.376. The van der Waals surface area contributed by atoms with Gasteiger partial charge in [-0.15, -0.1) is 6.58 Å². The topological polar surface area (TPSA) is 9.23 Å². The quantitative estimate of drug-likeness (QED) is 0.295. The van der Waals surface area contributed by atoms with E-state index in [0.29, 0.717) is 0 Å². The molecule has 0 N–H and O–H groups in total. The Bertz CT molecular complexity index is 334. The van der Waals surface area contributed by atoms with Gasteiger partial charge in [0.2, 0.25) is 0 Å². The van der Waals surface area contributed by atoms with Gasteiger partial charge in [0.15, 0.2) is 8.32 Å². The lowest BCUT2D eigenvalue weighted by Gasteiger charge is -2.25. The van der Waals surface area contributed by atoms with E-state index in [0.717, 1.165) is 12.5 Å². The Kier molecular flexibility index (Phi) is 6.80. The van der Waals surface area contributed by atoms with E-state index < -0.39 is 8.32 Å². The molecule has 1 aliphatic carbocycles. The van der Waals surface area contributed by atoms with Gasteiger partial charge in [-0.2, -0.15) is 0 Å². The second-order valence-corrected chi connectivity index (χ2v) is 10.4. The monoisotopic (exact) mass is 277 g/mol. The SMILES string of the molecule is C=CCCCCCC[Si](C)(C)O[C]1C=C(C)C(C)=C1. The Balaban J connectivity index is 2.23. The van der Waals surface area contributed by atoms with Gasteiger partial charge in [0.1, 0.15) is 6.10 Å². The van der Waals surface area contributed by atoms with Gasteiger partial charge in [0, 0.05) is 0 Å². The van der Waals surface area contributed by atoms with Gasteiger partial charge < -0.3 is 4.43 Å². The summed E-state index contributed by atoms with van der Waals surface area (Å²) in [7, 11) is -1.54. The van der Waals surface area contributed by atoms with Crippen molar-refractivity contribution in [2.24, 2.45) is 0 Å². The smallest absolute Gasteiger partial charge is 0.188 e. The van der Waals surface area contributed by atoms with E-state index in [2.05, 4.69) is 45.7 Å². The van der Waals surface area contributed by atoms with Crippen molar-refractivity contribution in [1.82, 2.24) is 0 Å². The number of hydrogen-bond donors (Lipinski definition) is 0. The van der Waals surface area contributed by atoms with Crippen molar-refractivity contribution in [3.05, 3.63) is 42.1 Å². The van der Waals surface area contributed by atoms with Gasteiger partial charge in [-0.25, -0.2) is 0 Å². The molecule has 0 unspecified atom stereocenters. The molecule has 0 atom stereocenters. The van der Waals surface area contributed by atoms with Gasteiger partial charge in [-0.1, -0.05) is 25.3 Å². The first kappa shape index (κ1) is 16.5. The van der Waals surface area contributed by atoms with Crippen LogP contribution in [0, 0.1) is 6.10 Å². The first-order valence-electron chi connectivity index (χ1n) is 7.48. The van der Waals surface area contributed by atoms with E-state index in [9.17, 15) is 0 Å². The summed E-state index contributed by atoms with van der Waals surface area (Å²) in [6.07, 6.45) is 13.8. The predicted molar refractivity (Wildman–Crippen MR) is 87.4 cm³/mol. The maximum Gasteiger partial charge on any atom is 0.188 e. The van der Waals surface area contributed by atoms with Gasteiger partial charge in [-0.05, 0) is 69.1 Å². The highest BCUT2D eigenvalue weighted by Gasteiger charge is 2.26. The summed E-state index contributed by atoms with van der Waals surface area (Å²) in [6, 6.07) is 1.25. The molecule has 0 aromatic carbocycles. The molecule has 1 rings (SSSR count). The average molecular weight is 278 g/mol. The summed E-state index contributed by atoms with van der Waals surface area (Å²) in [5.41, 5.74) is 2.67. The minimum Gasteiger partial charge on any atom is -0.402 e. The third-order valence-electron chi connectivity index (χ3n) is 3.67. The zero-order valence-electron chi connectivity index (χ0n) is 13.1. The fourth-order valence-corrected chi connectivity index (χ4v) is 4.28. The van der Waals surface area contributed by atoms with Gasteiger partial charge in [-0.3, -0.25) is 0 Å². The Labute approximate surface area is 120 Å². The van der Waals surface area contributed by atoms with Crippen LogP contribution < -0.4 is 0 Å². The van der Waals surface area contributed by atoms with Crippen molar-refractivity contribution in [2.45, 2.75) is 65.1 Å². The van der Waals surface area contributed by atoms with Crippen LogP contribution in [-0.4, -0.2) is 8.32 Å². The van der Waals surface area contributed by atoms with Crippen molar-refractivity contribution in [1.29, 1.82) is 0 Å². The Morgan fingerprint density at radius 2 is 1.63 bits per heavy atom. The fourth-order valence-electron chi connectivity index (χ4n) is 2.32. The first-order valence-corrected chi connectivity index (χ1v) is 10.6. The highest BCUT2D eigenvalue weighted by molar-refractivity contribution is 6.71. The molecule has 1 aliphatic rings. The second-order valence-electron chi connectivity index (χ2n) is 6.16. The van der Waals surface area contributed by atoms with Crippen LogP contribution in [0.4, 0.5) is 0 Å². The molecule has 1 nitrogen and oxygen atoms in total. The molecule has 19 heavy (non-hydrogen) atoms. The fraction of sp³-hybridized carbons (Fsp3) is 0.588. The van der Waals surface area contributed by atoms with Crippen LogP contribution in [0.3, 0.4) is 0 Å². The van der Waals surface area contributed by atoms with E-state index in [1.54, 1.807) is 0 Å². The zero-order chi connectivity index (χ0) is 14.3. The molecular formula is C17H29OSi. The highest BCUT2D eigenvalue weighted by Crippen LogP contribution is 2.30. The van der Waals surface area contributed by atoms with E-state index in [-0.39, 0.29) is 0 Å². The van der Waals surface area contributed by atoms with E-state index in [1.807, 2.05) is 6.08 Å². The first-order chi connectivity index (χ1) is 8.94. The molecule has 1 radical (unpaired) electrons.